The minimum absolute atomic E-state index is 0.137. The molecule has 0 saturated carbocycles. The number of likely N-dealkylation sites (tertiary alicyclic amines) is 1. The molecular formula is C15H23F3N4O. The van der Waals surface area contributed by atoms with Gasteiger partial charge in [-0.15, -0.1) is 0 Å². The van der Waals surface area contributed by atoms with Crippen LogP contribution in [0.15, 0.2) is 0 Å². The number of aryl methyl sites for hydroxylation is 2. The minimum Gasteiger partial charge on any atom is -0.338 e. The number of aromatic amines is 1. The second kappa shape index (κ2) is 7.23. The Morgan fingerprint density at radius 3 is 2.70 bits per heavy atom. The van der Waals surface area contributed by atoms with E-state index in [0.29, 0.717) is 6.54 Å². The molecule has 23 heavy (non-hydrogen) atoms. The summed E-state index contributed by atoms with van der Waals surface area (Å²) in [6, 6.07) is -0.566. The van der Waals surface area contributed by atoms with Crippen LogP contribution in [0.2, 0.25) is 0 Å². The first-order chi connectivity index (χ1) is 10.8. The van der Waals surface area contributed by atoms with Gasteiger partial charge in [0.25, 0.3) is 0 Å². The lowest BCUT2D eigenvalue weighted by Crippen LogP contribution is -2.43. The van der Waals surface area contributed by atoms with Gasteiger partial charge in [-0.1, -0.05) is 12.8 Å². The van der Waals surface area contributed by atoms with Gasteiger partial charge < -0.3 is 10.2 Å². The fraction of sp³-hybridized carbons (Fsp3) is 0.733. The highest BCUT2D eigenvalue weighted by Crippen LogP contribution is 2.33. The molecule has 0 aromatic carbocycles. The van der Waals surface area contributed by atoms with E-state index in [2.05, 4.69) is 15.5 Å². The number of H-pyrrole nitrogens is 1. The average molecular weight is 332 g/mol. The molecule has 2 heterocycles. The molecule has 1 unspecified atom stereocenters. The molecule has 1 aliphatic rings. The van der Waals surface area contributed by atoms with Crippen LogP contribution in [0.5, 0.6) is 0 Å². The number of carbonyl (C=O) groups is 1. The smallest absolute Gasteiger partial charge is 0.338 e. The Labute approximate surface area is 133 Å². The third kappa shape index (κ3) is 4.62. The average Bonchev–Trinajstić information content (AvgIpc) is 2.65. The van der Waals surface area contributed by atoms with Crippen LogP contribution in [0.3, 0.4) is 0 Å². The van der Waals surface area contributed by atoms with Gasteiger partial charge in [0.2, 0.25) is 0 Å². The predicted molar refractivity (Wildman–Crippen MR) is 80.0 cm³/mol. The maximum Gasteiger partial charge on any atom is 0.390 e. The topological polar surface area (TPSA) is 61.0 Å². The Bertz CT molecular complexity index is 522. The van der Waals surface area contributed by atoms with Crippen LogP contribution < -0.4 is 5.32 Å². The van der Waals surface area contributed by atoms with Crippen molar-refractivity contribution < 1.29 is 18.0 Å². The molecule has 1 aromatic heterocycles. The molecule has 0 spiro atoms. The van der Waals surface area contributed by atoms with E-state index >= 15 is 0 Å². The van der Waals surface area contributed by atoms with Gasteiger partial charge in [-0.3, -0.25) is 5.10 Å². The lowest BCUT2D eigenvalue weighted by Gasteiger charge is -2.30. The highest BCUT2D eigenvalue weighted by Gasteiger charge is 2.31. The number of halogens is 3. The summed E-state index contributed by atoms with van der Waals surface area (Å²) in [6.07, 6.45) is -1.61. The third-order valence-electron chi connectivity index (χ3n) is 4.22. The predicted octanol–water partition coefficient (Wildman–Crippen LogP) is 3.61. The fourth-order valence-electron chi connectivity index (χ4n) is 3.11. The van der Waals surface area contributed by atoms with E-state index in [1.807, 2.05) is 13.8 Å². The van der Waals surface area contributed by atoms with Crippen LogP contribution in [0.25, 0.3) is 0 Å². The molecule has 1 atom stereocenters. The lowest BCUT2D eigenvalue weighted by molar-refractivity contribution is -0.133. The number of rotatable bonds is 3. The van der Waals surface area contributed by atoms with Gasteiger partial charge in [0, 0.05) is 24.3 Å². The number of aromatic nitrogens is 2. The Hall–Kier alpha value is -1.73. The molecule has 8 heteroatoms. The zero-order valence-electron chi connectivity index (χ0n) is 13.5. The number of hydrogen-bond donors (Lipinski definition) is 2. The Morgan fingerprint density at radius 2 is 2.09 bits per heavy atom. The van der Waals surface area contributed by atoms with Crippen molar-refractivity contribution in [3.63, 3.8) is 0 Å². The van der Waals surface area contributed by atoms with E-state index < -0.39 is 25.2 Å². The quantitative estimate of drug-likeness (QED) is 0.888. The van der Waals surface area contributed by atoms with Crippen molar-refractivity contribution in [2.24, 2.45) is 0 Å². The van der Waals surface area contributed by atoms with Crippen molar-refractivity contribution in [1.29, 1.82) is 0 Å². The Morgan fingerprint density at radius 1 is 1.35 bits per heavy atom. The largest absolute Gasteiger partial charge is 0.390 e. The number of nitrogens with one attached hydrogen (secondary N) is 2. The summed E-state index contributed by atoms with van der Waals surface area (Å²) in [6.45, 7) is 3.94. The second-order valence-corrected chi connectivity index (χ2v) is 6.00. The molecule has 1 saturated heterocycles. The van der Waals surface area contributed by atoms with E-state index in [9.17, 15) is 18.0 Å². The van der Waals surface area contributed by atoms with Crippen molar-refractivity contribution in [2.45, 2.75) is 58.2 Å². The summed E-state index contributed by atoms with van der Waals surface area (Å²) in [7, 11) is 0. The number of nitrogens with zero attached hydrogens (tertiary/aromatic N) is 2. The Balaban J connectivity index is 2.11. The normalized spacial score (nSPS) is 19.5. The van der Waals surface area contributed by atoms with Crippen LogP contribution in [-0.4, -0.2) is 40.4 Å². The molecule has 1 aliphatic heterocycles. The summed E-state index contributed by atoms with van der Waals surface area (Å²) in [4.78, 5) is 14.0. The van der Waals surface area contributed by atoms with Crippen molar-refractivity contribution >= 4 is 6.03 Å². The van der Waals surface area contributed by atoms with E-state index in [-0.39, 0.29) is 6.04 Å². The van der Waals surface area contributed by atoms with Crippen LogP contribution >= 0.6 is 0 Å². The van der Waals surface area contributed by atoms with Crippen LogP contribution in [0, 0.1) is 13.8 Å². The van der Waals surface area contributed by atoms with E-state index in [1.54, 1.807) is 4.90 Å². The first-order valence-corrected chi connectivity index (χ1v) is 7.92. The van der Waals surface area contributed by atoms with E-state index in [1.165, 1.54) is 0 Å². The monoisotopic (exact) mass is 332 g/mol. The molecule has 2 amide bonds. The molecule has 2 rings (SSSR count). The summed E-state index contributed by atoms with van der Waals surface area (Å²) >= 11 is 0. The molecule has 0 aliphatic carbocycles. The summed E-state index contributed by atoms with van der Waals surface area (Å²) in [5.41, 5.74) is 2.72. The molecular weight excluding hydrogens is 309 g/mol. The summed E-state index contributed by atoms with van der Waals surface area (Å²) < 4.78 is 36.7. The van der Waals surface area contributed by atoms with E-state index in [4.69, 9.17) is 0 Å². The number of hydrogen-bond acceptors (Lipinski definition) is 2. The van der Waals surface area contributed by atoms with Gasteiger partial charge in [0.1, 0.15) is 0 Å². The van der Waals surface area contributed by atoms with Crippen LogP contribution in [0.1, 0.15) is 55.1 Å². The zero-order chi connectivity index (χ0) is 17.0. The number of alkyl halides is 3. The van der Waals surface area contributed by atoms with Crippen molar-refractivity contribution in [3.05, 3.63) is 17.0 Å². The van der Waals surface area contributed by atoms with Gasteiger partial charge in [0.15, 0.2) is 0 Å². The van der Waals surface area contributed by atoms with Crippen molar-refractivity contribution in [1.82, 2.24) is 20.4 Å². The summed E-state index contributed by atoms with van der Waals surface area (Å²) in [5.74, 6) is 0. The third-order valence-corrected chi connectivity index (χ3v) is 4.22. The molecule has 1 fully saturated rings. The van der Waals surface area contributed by atoms with Gasteiger partial charge in [-0.2, -0.15) is 18.3 Å². The van der Waals surface area contributed by atoms with Crippen LogP contribution in [0.4, 0.5) is 18.0 Å². The van der Waals surface area contributed by atoms with Gasteiger partial charge in [-0.05, 0) is 26.7 Å². The fourth-order valence-corrected chi connectivity index (χ4v) is 3.11. The SMILES string of the molecule is Cc1n[nH]c(C)c1C1CCCCCN1C(=O)NCCC(F)(F)F. The van der Waals surface area contributed by atoms with Crippen LogP contribution in [-0.2, 0) is 0 Å². The highest BCUT2D eigenvalue weighted by molar-refractivity contribution is 5.75. The first-order valence-electron chi connectivity index (χ1n) is 7.92. The number of amides is 2. The standard InChI is InChI=1S/C15H23F3N4O/c1-10-13(11(2)21-20-10)12-6-4-3-5-9-22(12)14(23)19-8-7-15(16,17)18/h12H,3-9H2,1-2H3,(H,19,23)(H,20,21). The molecule has 2 N–H and O–H groups in total. The molecule has 5 nitrogen and oxygen atoms in total. The van der Waals surface area contributed by atoms with Gasteiger partial charge in [-0.25, -0.2) is 4.79 Å². The first kappa shape index (κ1) is 17.6. The number of urea groups is 1. The number of carbonyl (C=O) groups excluding carboxylic acids is 1. The lowest BCUT2D eigenvalue weighted by atomic mass is 9.99. The zero-order valence-corrected chi connectivity index (χ0v) is 13.5. The van der Waals surface area contributed by atoms with Crippen molar-refractivity contribution in [3.8, 4) is 0 Å². The Kier molecular flexibility index (Phi) is 5.54. The van der Waals surface area contributed by atoms with Gasteiger partial charge in [0.05, 0.1) is 18.2 Å². The molecule has 0 radical (unpaired) electrons. The molecule has 0 bridgehead atoms. The molecule has 130 valence electrons. The highest BCUT2D eigenvalue weighted by atomic mass is 19.4. The second-order valence-electron chi connectivity index (χ2n) is 6.00. The van der Waals surface area contributed by atoms with Gasteiger partial charge >= 0.3 is 12.2 Å². The molecule has 1 aromatic rings. The van der Waals surface area contributed by atoms with E-state index in [0.717, 1.165) is 42.6 Å². The minimum atomic E-state index is -4.26. The van der Waals surface area contributed by atoms with Crippen molar-refractivity contribution in [2.75, 3.05) is 13.1 Å². The summed E-state index contributed by atoms with van der Waals surface area (Å²) in [5, 5.41) is 9.50. The maximum absolute atomic E-state index is 12.4. The maximum atomic E-state index is 12.4.